The van der Waals surface area contributed by atoms with Gasteiger partial charge in [0, 0.05) is 30.4 Å². The molecule has 0 spiro atoms. The predicted octanol–water partition coefficient (Wildman–Crippen LogP) is 3.90. The number of pyridine rings is 2. The Morgan fingerprint density at radius 3 is 2.72 bits per heavy atom. The van der Waals surface area contributed by atoms with E-state index < -0.39 is 0 Å². The molecule has 25 heavy (non-hydrogen) atoms. The fourth-order valence-corrected chi connectivity index (χ4v) is 3.82. The Labute approximate surface area is 145 Å². The molecule has 0 unspecified atom stereocenters. The summed E-state index contributed by atoms with van der Waals surface area (Å²) in [5.41, 5.74) is 5.16. The van der Waals surface area contributed by atoms with Crippen LogP contribution in [0.15, 0.2) is 42.6 Å². The van der Waals surface area contributed by atoms with Gasteiger partial charge in [-0.25, -0.2) is 9.97 Å². The lowest BCUT2D eigenvalue weighted by Gasteiger charge is -2.29. The molecule has 1 saturated heterocycles. The molecule has 5 nitrogen and oxygen atoms in total. The average molecular weight is 327 g/mol. The maximum absolute atomic E-state index is 9.55. The van der Waals surface area contributed by atoms with Gasteiger partial charge in [0.25, 0.3) is 0 Å². The van der Waals surface area contributed by atoms with E-state index in [1.165, 1.54) is 24.9 Å². The van der Waals surface area contributed by atoms with Crippen LogP contribution in [0.3, 0.4) is 0 Å². The van der Waals surface area contributed by atoms with Gasteiger partial charge in [-0.05, 0) is 49.6 Å². The third-order valence-electron chi connectivity index (χ3n) is 5.05. The molecule has 1 aromatic carbocycles. The van der Waals surface area contributed by atoms with Crippen molar-refractivity contribution >= 4 is 33.4 Å². The molecule has 0 aliphatic carbocycles. The van der Waals surface area contributed by atoms with Crippen molar-refractivity contribution in [1.82, 2.24) is 14.4 Å². The smallest absolute Gasteiger partial charge is 0.164 e. The summed E-state index contributed by atoms with van der Waals surface area (Å²) < 4.78 is 2.02. The van der Waals surface area contributed by atoms with Gasteiger partial charge in [0.15, 0.2) is 11.3 Å². The summed E-state index contributed by atoms with van der Waals surface area (Å²) in [6.45, 7) is 2.21. The van der Waals surface area contributed by atoms with E-state index in [9.17, 15) is 5.26 Å². The largest absolute Gasteiger partial charge is 0.371 e. The fourth-order valence-electron chi connectivity index (χ4n) is 3.82. The van der Waals surface area contributed by atoms with Gasteiger partial charge in [0.2, 0.25) is 0 Å². The van der Waals surface area contributed by atoms with Crippen LogP contribution in [0.1, 0.15) is 24.8 Å². The molecule has 0 radical (unpaired) electrons. The summed E-state index contributed by atoms with van der Waals surface area (Å²) in [7, 11) is 0. The second-order valence-corrected chi connectivity index (χ2v) is 6.58. The van der Waals surface area contributed by atoms with Crippen LogP contribution in [-0.2, 0) is 0 Å². The quantitative estimate of drug-likeness (QED) is 0.532. The molecule has 122 valence electrons. The van der Waals surface area contributed by atoms with E-state index in [2.05, 4.69) is 39.1 Å². The summed E-state index contributed by atoms with van der Waals surface area (Å²) in [5.74, 6) is 0. The van der Waals surface area contributed by atoms with Gasteiger partial charge in [-0.15, -0.1) is 0 Å². The van der Waals surface area contributed by atoms with Crippen LogP contribution < -0.4 is 4.90 Å². The second-order valence-electron chi connectivity index (χ2n) is 6.58. The number of hydrogen-bond donors (Lipinski definition) is 0. The van der Waals surface area contributed by atoms with E-state index in [1.807, 2.05) is 22.6 Å². The number of nitrogens with zero attached hydrogens (tertiary/aromatic N) is 5. The first-order valence-electron chi connectivity index (χ1n) is 8.70. The number of piperidine rings is 1. The van der Waals surface area contributed by atoms with Crippen LogP contribution in [0.2, 0.25) is 0 Å². The normalized spacial score (nSPS) is 15.1. The van der Waals surface area contributed by atoms with Gasteiger partial charge in [0.05, 0.1) is 11.1 Å². The zero-order chi connectivity index (χ0) is 16.8. The highest BCUT2D eigenvalue weighted by Crippen LogP contribution is 2.29. The molecule has 0 saturated carbocycles. The van der Waals surface area contributed by atoms with Crippen molar-refractivity contribution < 1.29 is 0 Å². The van der Waals surface area contributed by atoms with Gasteiger partial charge in [-0.2, -0.15) is 5.26 Å². The first-order valence-corrected chi connectivity index (χ1v) is 8.70. The Hall–Kier alpha value is -3.13. The molecule has 1 fully saturated rings. The maximum atomic E-state index is 9.55. The summed E-state index contributed by atoms with van der Waals surface area (Å²) >= 11 is 0. The van der Waals surface area contributed by atoms with E-state index in [0.717, 1.165) is 35.2 Å². The Balaban J connectivity index is 1.85. The van der Waals surface area contributed by atoms with Crippen molar-refractivity contribution in [3.8, 4) is 6.07 Å². The Morgan fingerprint density at radius 2 is 1.88 bits per heavy atom. The Kier molecular flexibility index (Phi) is 3.10. The lowest BCUT2D eigenvalue weighted by molar-refractivity contribution is 0.578. The van der Waals surface area contributed by atoms with E-state index in [-0.39, 0.29) is 0 Å². The molecule has 4 aromatic rings. The van der Waals surface area contributed by atoms with Crippen molar-refractivity contribution in [2.75, 3.05) is 18.0 Å². The number of hydrogen-bond acceptors (Lipinski definition) is 4. The molecule has 4 heterocycles. The van der Waals surface area contributed by atoms with E-state index in [0.29, 0.717) is 11.2 Å². The number of nitriles is 1. The summed E-state index contributed by atoms with van der Waals surface area (Å²) in [5, 5.41) is 10.6. The second kappa shape index (κ2) is 5.45. The fraction of sp³-hybridized carbons (Fsp3) is 0.250. The SMILES string of the molecule is N#Cc1cc2ccc(N3CCCCC3)cc2n2c1nc1cccnc12. The van der Waals surface area contributed by atoms with E-state index in [4.69, 9.17) is 0 Å². The minimum atomic E-state index is 0.580. The van der Waals surface area contributed by atoms with Crippen molar-refractivity contribution in [3.63, 3.8) is 0 Å². The van der Waals surface area contributed by atoms with Crippen LogP contribution in [0.4, 0.5) is 5.69 Å². The topological polar surface area (TPSA) is 57.2 Å². The van der Waals surface area contributed by atoms with Crippen molar-refractivity contribution in [1.29, 1.82) is 5.26 Å². The summed E-state index contributed by atoms with van der Waals surface area (Å²) in [6.07, 6.45) is 5.58. The van der Waals surface area contributed by atoms with Crippen LogP contribution in [-0.4, -0.2) is 27.5 Å². The van der Waals surface area contributed by atoms with Crippen LogP contribution in [0.5, 0.6) is 0 Å². The molecule has 1 aliphatic heterocycles. The van der Waals surface area contributed by atoms with Gasteiger partial charge in [-0.1, -0.05) is 6.07 Å². The highest BCUT2D eigenvalue weighted by molar-refractivity contribution is 5.93. The molecular weight excluding hydrogens is 310 g/mol. The minimum absolute atomic E-state index is 0.580. The molecule has 0 N–H and O–H groups in total. The third kappa shape index (κ3) is 2.14. The number of benzene rings is 1. The highest BCUT2D eigenvalue weighted by atomic mass is 15.1. The molecule has 0 bridgehead atoms. The third-order valence-corrected chi connectivity index (χ3v) is 5.05. The zero-order valence-electron chi connectivity index (χ0n) is 13.8. The highest BCUT2D eigenvalue weighted by Gasteiger charge is 2.16. The van der Waals surface area contributed by atoms with E-state index in [1.54, 1.807) is 6.20 Å². The number of rotatable bonds is 1. The average Bonchev–Trinajstić information content (AvgIpc) is 3.07. The first kappa shape index (κ1) is 14.2. The Morgan fingerprint density at radius 1 is 1.00 bits per heavy atom. The number of fused-ring (bicyclic) bond motifs is 5. The Bertz CT molecular complexity index is 1150. The van der Waals surface area contributed by atoms with Crippen LogP contribution >= 0.6 is 0 Å². The molecule has 5 rings (SSSR count). The van der Waals surface area contributed by atoms with Gasteiger partial charge in [0.1, 0.15) is 11.6 Å². The van der Waals surface area contributed by atoms with Crippen LogP contribution in [0, 0.1) is 11.3 Å². The van der Waals surface area contributed by atoms with Gasteiger partial charge in [-0.3, -0.25) is 4.40 Å². The number of imidazole rings is 1. The van der Waals surface area contributed by atoms with E-state index >= 15 is 0 Å². The molecule has 3 aromatic heterocycles. The van der Waals surface area contributed by atoms with Gasteiger partial charge >= 0.3 is 0 Å². The minimum Gasteiger partial charge on any atom is -0.371 e. The predicted molar refractivity (Wildman–Crippen MR) is 98.8 cm³/mol. The van der Waals surface area contributed by atoms with Gasteiger partial charge < -0.3 is 4.90 Å². The molecule has 0 atom stereocenters. The van der Waals surface area contributed by atoms with Crippen molar-refractivity contribution in [2.45, 2.75) is 19.3 Å². The van der Waals surface area contributed by atoms with Crippen molar-refractivity contribution in [3.05, 3.63) is 48.2 Å². The number of aromatic nitrogens is 3. The lowest BCUT2D eigenvalue weighted by Crippen LogP contribution is -2.29. The monoisotopic (exact) mass is 327 g/mol. The van der Waals surface area contributed by atoms with Crippen molar-refractivity contribution in [2.24, 2.45) is 0 Å². The summed E-state index contributed by atoms with van der Waals surface area (Å²) in [6, 6.07) is 14.5. The number of anilines is 1. The molecule has 1 aliphatic rings. The first-order chi connectivity index (χ1) is 12.3. The summed E-state index contributed by atoms with van der Waals surface area (Å²) in [4.78, 5) is 11.6. The lowest BCUT2D eigenvalue weighted by atomic mass is 10.1. The maximum Gasteiger partial charge on any atom is 0.164 e. The standard InChI is InChI=1S/C20H17N5/c21-13-15-11-14-6-7-16(24-9-2-1-3-10-24)12-18(14)25-19(15)23-17-5-4-8-22-20(17)25/h4-8,11-12H,1-3,9-10H2. The molecule has 5 heteroatoms. The zero-order valence-corrected chi connectivity index (χ0v) is 13.8. The molecule has 0 amide bonds. The van der Waals surface area contributed by atoms with Crippen LogP contribution in [0.25, 0.3) is 27.7 Å². The molecular formula is C20H17N5.